The summed E-state index contributed by atoms with van der Waals surface area (Å²) in [5, 5.41) is 2.75. The summed E-state index contributed by atoms with van der Waals surface area (Å²) in [6.07, 6.45) is 4.64. The van der Waals surface area contributed by atoms with E-state index in [-0.39, 0.29) is 61.5 Å². The molecule has 3 N–H and O–H groups in total. The smallest absolute Gasteiger partial charge is 0.254 e. The summed E-state index contributed by atoms with van der Waals surface area (Å²) in [5.74, 6) is -2.45. The van der Waals surface area contributed by atoms with E-state index >= 15 is 0 Å². The lowest BCUT2D eigenvalue weighted by Gasteiger charge is -2.40. The summed E-state index contributed by atoms with van der Waals surface area (Å²) in [6, 6.07) is 14.3. The standard InChI is InChI=1S/C37H43F2N5O5S/c1-37(2,3)36(31-18-26(29-19-27(38)11-12-30(29)39)21-42(31)20-25-8-5-4-6-9-25)44(24-40)35(49)23-50-17-15-32(46)41-16-7-10-28(45)22-43-33(47)13-14-34(43)48/h4-6,8-9,11-14,18-19,21,36H,7,10,15-17,20,22-24,40H2,1-3H3,(H,41,46)/t36-/m0/s1. The first-order chi connectivity index (χ1) is 23.8. The van der Waals surface area contributed by atoms with E-state index in [9.17, 15) is 32.8 Å². The van der Waals surface area contributed by atoms with E-state index in [1.165, 1.54) is 11.8 Å². The number of carbonyl (C=O) groups is 5. The van der Waals surface area contributed by atoms with Crippen molar-refractivity contribution in [2.24, 2.45) is 11.1 Å². The molecule has 0 aliphatic carbocycles. The lowest BCUT2D eigenvalue weighted by atomic mass is 9.83. The number of Topliss-reactive ketones (excluding diaryl/α,β-unsaturated/α-hetero) is 1. The Kier molecular flexibility index (Phi) is 13.3. The Morgan fingerprint density at radius 2 is 1.68 bits per heavy atom. The molecule has 1 atom stereocenters. The van der Waals surface area contributed by atoms with Crippen LogP contribution in [0.4, 0.5) is 8.78 Å². The lowest BCUT2D eigenvalue weighted by molar-refractivity contribution is -0.140. The molecule has 1 aromatic heterocycles. The van der Waals surface area contributed by atoms with Gasteiger partial charge in [0.05, 0.1) is 25.0 Å². The van der Waals surface area contributed by atoms with Gasteiger partial charge in [-0.05, 0) is 41.7 Å². The third kappa shape index (κ3) is 10.2. The van der Waals surface area contributed by atoms with Gasteiger partial charge in [0.15, 0.2) is 5.78 Å². The maximum Gasteiger partial charge on any atom is 0.254 e. The van der Waals surface area contributed by atoms with Gasteiger partial charge in [0, 0.05) is 66.9 Å². The molecule has 50 heavy (non-hydrogen) atoms. The molecule has 4 amide bonds. The van der Waals surface area contributed by atoms with Crippen molar-refractivity contribution < 1.29 is 32.8 Å². The molecule has 0 radical (unpaired) electrons. The van der Waals surface area contributed by atoms with Crippen LogP contribution >= 0.6 is 11.8 Å². The number of imide groups is 1. The predicted molar refractivity (Wildman–Crippen MR) is 188 cm³/mol. The highest BCUT2D eigenvalue weighted by Crippen LogP contribution is 2.41. The second kappa shape index (κ2) is 17.3. The summed E-state index contributed by atoms with van der Waals surface area (Å²) in [6.45, 7) is 6.28. The van der Waals surface area contributed by atoms with Crippen molar-refractivity contribution in [3.63, 3.8) is 0 Å². The van der Waals surface area contributed by atoms with Gasteiger partial charge in [0.1, 0.15) is 11.6 Å². The van der Waals surface area contributed by atoms with Gasteiger partial charge in [0.2, 0.25) is 11.8 Å². The monoisotopic (exact) mass is 707 g/mol. The van der Waals surface area contributed by atoms with E-state index in [4.69, 9.17) is 5.73 Å². The van der Waals surface area contributed by atoms with E-state index in [0.29, 0.717) is 24.3 Å². The van der Waals surface area contributed by atoms with Gasteiger partial charge in [0.25, 0.3) is 11.8 Å². The zero-order valence-electron chi connectivity index (χ0n) is 28.5. The molecule has 2 heterocycles. The summed E-state index contributed by atoms with van der Waals surface area (Å²) >= 11 is 1.30. The van der Waals surface area contributed by atoms with E-state index in [0.717, 1.165) is 46.5 Å². The number of amides is 4. The first kappa shape index (κ1) is 38.2. The van der Waals surface area contributed by atoms with Crippen LogP contribution in [0.2, 0.25) is 0 Å². The van der Waals surface area contributed by atoms with Crippen molar-refractivity contribution in [1.82, 2.24) is 19.7 Å². The first-order valence-corrected chi connectivity index (χ1v) is 17.5. The number of carbonyl (C=O) groups excluding carboxylic acids is 5. The maximum absolute atomic E-state index is 14.9. The van der Waals surface area contributed by atoms with E-state index in [2.05, 4.69) is 5.32 Å². The quantitative estimate of drug-likeness (QED) is 0.117. The van der Waals surface area contributed by atoms with Crippen LogP contribution in [0.25, 0.3) is 11.1 Å². The van der Waals surface area contributed by atoms with E-state index in [1.54, 1.807) is 17.2 Å². The molecule has 0 spiro atoms. The average molecular weight is 708 g/mol. The number of nitrogens with one attached hydrogen (secondary N) is 1. The van der Waals surface area contributed by atoms with Gasteiger partial charge in [-0.15, -0.1) is 0 Å². The molecular weight excluding hydrogens is 665 g/mol. The van der Waals surface area contributed by atoms with Crippen molar-refractivity contribution >= 4 is 41.2 Å². The number of nitrogens with two attached hydrogens (primary N) is 1. The van der Waals surface area contributed by atoms with Crippen LogP contribution in [0, 0.1) is 17.0 Å². The van der Waals surface area contributed by atoms with Crippen LogP contribution in [0.1, 0.15) is 57.3 Å². The third-order valence-corrected chi connectivity index (χ3v) is 9.13. The maximum atomic E-state index is 14.9. The highest BCUT2D eigenvalue weighted by atomic mass is 32.2. The Labute approximate surface area is 295 Å². The van der Waals surface area contributed by atoms with Gasteiger partial charge in [-0.2, -0.15) is 11.8 Å². The summed E-state index contributed by atoms with van der Waals surface area (Å²) in [7, 11) is 0. The van der Waals surface area contributed by atoms with Crippen LogP contribution in [0.5, 0.6) is 0 Å². The number of aromatic nitrogens is 1. The first-order valence-electron chi connectivity index (χ1n) is 16.4. The van der Waals surface area contributed by atoms with Crippen molar-refractivity contribution in [3.8, 4) is 11.1 Å². The molecule has 0 fully saturated rings. The molecular formula is C37H43F2N5O5S. The normalized spacial score (nSPS) is 13.5. The molecule has 1 aliphatic rings. The topological polar surface area (TPSA) is 135 Å². The number of ketones is 1. The van der Waals surface area contributed by atoms with Crippen molar-refractivity contribution in [2.45, 2.75) is 52.6 Å². The number of hydrogen-bond acceptors (Lipinski definition) is 7. The molecule has 266 valence electrons. The second-order valence-electron chi connectivity index (χ2n) is 13.1. The molecule has 0 saturated carbocycles. The number of benzene rings is 2. The summed E-state index contributed by atoms with van der Waals surface area (Å²) < 4.78 is 31.1. The number of hydrogen-bond donors (Lipinski definition) is 2. The molecule has 4 rings (SSSR count). The second-order valence-corrected chi connectivity index (χ2v) is 14.2. The van der Waals surface area contributed by atoms with Crippen LogP contribution < -0.4 is 11.1 Å². The molecule has 0 unspecified atom stereocenters. The van der Waals surface area contributed by atoms with Crippen LogP contribution in [0.15, 0.2) is 72.9 Å². The predicted octanol–water partition coefficient (Wildman–Crippen LogP) is 4.83. The van der Waals surface area contributed by atoms with Crippen LogP contribution in [-0.4, -0.2) is 75.0 Å². The highest BCUT2D eigenvalue weighted by Gasteiger charge is 2.36. The number of halogens is 2. The van der Waals surface area contributed by atoms with Crippen molar-refractivity contribution in [2.75, 3.05) is 31.3 Å². The number of rotatable bonds is 17. The number of thioether (sulfide) groups is 1. The SMILES string of the molecule is CC(C)(C)[C@H](c1cc(-c2cc(F)ccc2F)cn1Cc1ccccc1)N(CN)C(=O)CSCCC(=O)NCCCC(=O)CN1C(=O)C=CC1=O. The zero-order chi connectivity index (χ0) is 36.4. The Morgan fingerprint density at radius 3 is 2.34 bits per heavy atom. The van der Waals surface area contributed by atoms with Gasteiger partial charge in [-0.3, -0.25) is 28.9 Å². The average Bonchev–Trinajstić information content (AvgIpc) is 3.62. The fourth-order valence-electron chi connectivity index (χ4n) is 5.81. The molecule has 10 nitrogen and oxygen atoms in total. The van der Waals surface area contributed by atoms with E-state index in [1.807, 2.05) is 55.7 Å². The molecule has 13 heteroatoms. The Balaban J connectivity index is 1.37. The fraction of sp³-hybridized carbons (Fsp3) is 0.378. The minimum atomic E-state index is -0.562. The van der Waals surface area contributed by atoms with E-state index < -0.39 is 34.9 Å². The minimum absolute atomic E-state index is 0.0686. The fourth-order valence-corrected chi connectivity index (χ4v) is 6.63. The highest BCUT2D eigenvalue weighted by molar-refractivity contribution is 7.99. The molecule has 3 aromatic rings. The molecule has 1 aliphatic heterocycles. The van der Waals surface area contributed by atoms with Gasteiger partial charge in [-0.1, -0.05) is 51.1 Å². The van der Waals surface area contributed by atoms with Crippen molar-refractivity contribution in [3.05, 3.63) is 95.8 Å². The largest absolute Gasteiger partial charge is 0.356 e. The Morgan fingerprint density at radius 1 is 0.980 bits per heavy atom. The van der Waals surface area contributed by atoms with Gasteiger partial charge >= 0.3 is 0 Å². The van der Waals surface area contributed by atoms with Crippen LogP contribution in [-0.2, 0) is 30.5 Å². The van der Waals surface area contributed by atoms with Crippen LogP contribution in [0.3, 0.4) is 0 Å². The minimum Gasteiger partial charge on any atom is -0.356 e. The molecule has 0 saturated heterocycles. The zero-order valence-corrected chi connectivity index (χ0v) is 29.3. The summed E-state index contributed by atoms with van der Waals surface area (Å²) in [4.78, 5) is 63.9. The van der Waals surface area contributed by atoms with Gasteiger partial charge in [-0.25, -0.2) is 8.78 Å². The lowest BCUT2D eigenvalue weighted by Crippen LogP contribution is -2.45. The molecule has 0 bridgehead atoms. The molecule has 2 aromatic carbocycles. The third-order valence-electron chi connectivity index (χ3n) is 8.18. The van der Waals surface area contributed by atoms with Crippen molar-refractivity contribution in [1.29, 1.82) is 0 Å². The Hall–Kier alpha value is -4.62. The Bertz CT molecular complexity index is 1720. The number of nitrogens with zero attached hydrogens (tertiary/aromatic N) is 3. The van der Waals surface area contributed by atoms with Gasteiger partial charge < -0.3 is 20.5 Å². The summed E-state index contributed by atoms with van der Waals surface area (Å²) in [5.41, 5.74) is 8.01.